The third-order valence-corrected chi connectivity index (χ3v) is 2.57. The molecule has 0 aliphatic rings. The first-order chi connectivity index (χ1) is 8.43. The van der Waals surface area contributed by atoms with Crippen LogP contribution >= 0.6 is 0 Å². The normalized spacial score (nSPS) is 12.5. The zero-order chi connectivity index (χ0) is 13.7. The van der Waals surface area contributed by atoms with E-state index in [9.17, 15) is 9.18 Å². The molecule has 0 spiro atoms. The molecule has 0 saturated heterocycles. The Morgan fingerprint density at radius 1 is 1.50 bits per heavy atom. The Bertz CT molecular complexity index is 421. The van der Waals surface area contributed by atoms with Crippen molar-refractivity contribution in [3.05, 3.63) is 29.6 Å². The van der Waals surface area contributed by atoms with Crippen molar-refractivity contribution in [2.45, 2.75) is 26.3 Å². The minimum Gasteiger partial charge on any atom is -0.396 e. The van der Waals surface area contributed by atoms with E-state index in [1.807, 2.05) is 13.8 Å². The zero-order valence-electron chi connectivity index (χ0n) is 10.6. The molecule has 1 rings (SSSR count). The number of nitrogens with two attached hydrogens (primary N) is 1. The molecule has 0 fully saturated rings. The molecule has 4 nitrogen and oxygen atoms in total. The maximum Gasteiger partial charge on any atom is 0.251 e. The average Bonchev–Trinajstić information content (AvgIpc) is 2.31. The molecule has 1 amide bonds. The smallest absolute Gasteiger partial charge is 0.251 e. The highest BCUT2D eigenvalue weighted by Crippen LogP contribution is 2.13. The van der Waals surface area contributed by atoms with Gasteiger partial charge in [0.25, 0.3) is 5.91 Å². The first-order valence-electron chi connectivity index (χ1n) is 5.90. The second-order valence-electron chi connectivity index (χ2n) is 4.72. The Hall–Kier alpha value is -1.62. The molecule has 0 saturated carbocycles. The Morgan fingerprint density at radius 2 is 2.17 bits per heavy atom. The Labute approximate surface area is 106 Å². The van der Waals surface area contributed by atoms with Crippen LogP contribution in [-0.2, 0) is 0 Å². The van der Waals surface area contributed by atoms with E-state index in [0.717, 1.165) is 6.07 Å². The summed E-state index contributed by atoms with van der Waals surface area (Å²) in [5, 5.41) is 11.9. The zero-order valence-corrected chi connectivity index (χ0v) is 10.6. The molecule has 5 heteroatoms. The van der Waals surface area contributed by atoms with Crippen molar-refractivity contribution in [1.82, 2.24) is 5.32 Å². The fourth-order valence-electron chi connectivity index (χ4n) is 1.70. The van der Waals surface area contributed by atoms with Gasteiger partial charge in [-0.3, -0.25) is 4.79 Å². The van der Waals surface area contributed by atoms with Crippen molar-refractivity contribution in [3.63, 3.8) is 0 Å². The highest BCUT2D eigenvalue weighted by Gasteiger charge is 2.15. The number of aliphatic hydroxyl groups is 1. The first kappa shape index (κ1) is 14.4. The van der Waals surface area contributed by atoms with Crippen molar-refractivity contribution in [1.29, 1.82) is 0 Å². The number of carbonyl (C=O) groups excluding carboxylic acids is 1. The van der Waals surface area contributed by atoms with Gasteiger partial charge in [0.2, 0.25) is 0 Å². The maximum absolute atomic E-state index is 13.0. The van der Waals surface area contributed by atoms with Gasteiger partial charge in [-0.15, -0.1) is 0 Å². The summed E-state index contributed by atoms with van der Waals surface area (Å²) in [5.41, 5.74) is 5.62. The molecule has 1 aromatic rings. The lowest BCUT2D eigenvalue weighted by molar-refractivity contribution is 0.0908. The highest BCUT2D eigenvalue weighted by atomic mass is 19.1. The number of aliphatic hydroxyl groups excluding tert-OH is 1. The molecule has 0 radical (unpaired) electrons. The number of amides is 1. The van der Waals surface area contributed by atoms with Crippen LogP contribution in [0.2, 0.25) is 0 Å². The Morgan fingerprint density at radius 3 is 2.67 bits per heavy atom. The number of anilines is 1. The SMILES string of the molecule is CC(C)CC(CO)NC(=O)c1ccc(F)c(N)c1. The van der Waals surface area contributed by atoms with Gasteiger partial charge in [0, 0.05) is 5.56 Å². The molecule has 0 bridgehead atoms. The van der Waals surface area contributed by atoms with Crippen LogP contribution < -0.4 is 11.1 Å². The summed E-state index contributed by atoms with van der Waals surface area (Å²) in [4.78, 5) is 11.9. The molecule has 0 heterocycles. The third-order valence-electron chi connectivity index (χ3n) is 2.57. The van der Waals surface area contributed by atoms with E-state index >= 15 is 0 Å². The summed E-state index contributed by atoms with van der Waals surface area (Å²) in [6, 6.07) is 3.50. The summed E-state index contributed by atoms with van der Waals surface area (Å²) in [6.45, 7) is 3.88. The van der Waals surface area contributed by atoms with Gasteiger partial charge in [-0.1, -0.05) is 13.8 Å². The van der Waals surface area contributed by atoms with Crippen molar-refractivity contribution in [2.24, 2.45) is 5.92 Å². The van der Waals surface area contributed by atoms with E-state index in [-0.39, 0.29) is 29.8 Å². The van der Waals surface area contributed by atoms with E-state index in [1.54, 1.807) is 0 Å². The van der Waals surface area contributed by atoms with E-state index in [2.05, 4.69) is 5.32 Å². The summed E-state index contributed by atoms with van der Waals surface area (Å²) < 4.78 is 13.0. The van der Waals surface area contributed by atoms with Gasteiger partial charge in [0.1, 0.15) is 5.82 Å². The van der Waals surface area contributed by atoms with E-state index in [4.69, 9.17) is 10.8 Å². The molecule has 1 atom stereocenters. The fraction of sp³-hybridized carbons (Fsp3) is 0.462. The molecule has 4 N–H and O–H groups in total. The molecule has 100 valence electrons. The van der Waals surface area contributed by atoms with Crippen LogP contribution in [0.1, 0.15) is 30.6 Å². The van der Waals surface area contributed by atoms with Gasteiger partial charge >= 0.3 is 0 Å². The highest BCUT2D eigenvalue weighted by molar-refractivity contribution is 5.95. The van der Waals surface area contributed by atoms with E-state index < -0.39 is 5.82 Å². The predicted octanol–water partition coefficient (Wildman–Crippen LogP) is 1.54. The van der Waals surface area contributed by atoms with Crippen molar-refractivity contribution >= 4 is 11.6 Å². The maximum atomic E-state index is 13.0. The number of benzene rings is 1. The number of nitrogen functional groups attached to an aromatic ring is 1. The summed E-state index contributed by atoms with van der Waals surface area (Å²) in [5.74, 6) is -0.547. The largest absolute Gasteiger partial charge is 0.396 e. The number of rotatable bonds is 5. The lowest BCUT2D eigenvalue weighted by Crippen LogP contribution is -2.38. The van der Waals surface area contributed by atoms with Crippen LogP contribution in [-0.4, -0.2) is 23.7 Å². The van der Waals surface area contributed by atoms with E-state index in [1.165, 1.54) is 12.1 Å². The lowest BCUT2D eigenvalue weighted by atomic mass is 10.0. The fourth-order valence-corrected chi connectivity index (χ4v) is 1.70. The average molecular weight is 254 g/mol. The topological polar surface area (TPSA) is 75.3 Å². The van der Waals surface area contributed by atoms with Crippen molar-refractivity contribution < 1.29 is 14.3 Å². The number of halogens is 1. The number of hydrogen-bond donors (Lipinski definition) is 3. The van der Waals surface area contributed by atoms with Crippen LogP contribution in [0.4, 0.5) is 10.1 Å². The monoisotopic (exact) mass is 254 g/mol. The van der Waals surface area contributed by atoms with E-state index in [0.29, 0.717) is 12.3 Å². The van der Waals surface area contributed by atoms with Gasteiger partial charge in [-0.05, 0) is 30.5 Å². The molecule has 0 aromatic heterocycles. The second-order valence-corrected chi connectivity index (χ2v) is 4.72. The molecule has 0 aliphatic carbocycles. The number of carbonyl (C=O) groups is 1. The molecule has 1 unspecified atom stereocenters. The predicted molar refractivity (Wildman–Crippen MR) is 68.6 cm³/mol. The number of nitrogens with one attached hydrogen (secondary N) is 1. The van der Waals surface area contributed by atoms with Crippen LogP contribution in [0.3, 0.4) is 0 Å². The standard InChI is InChI=1S/C13H19FN2O2/c1-8(2)5-10(7-17)16-13(18)9-3-4-11(14)12(15)6-9/h3-4,6,8,10,17H,5,7,15H2,1-2H3,(H,16,18). The van der Waals surface area contributed by atoms with Gasteiger partial charge < -0.3 is 16.2 Å². The summed E-state index contributed by atoms with van der Waals surface area (Å²) in [6.07, 6.45) is 0.679. The molecule has 0 aliphatic heterocycles. The number of hydrogen-bond acceptors (Lipinski definition) is 3. The summed E-state index contributed by atoms with van der Waals surface area (Å²) in [7, 11) is 0. The first-order valence-corrected chi connectivity index (χ1v) is 5.90. The Kier molecular flexibility index (Phi) is 5.09. The minimum absolute atomic E-state index is 0.0629. The third kappa shape index (κ3) is 4.00. The van der Waals surface area contributed by atoms with Crippen LogP contribution in [0.5, 0.6) is 0 Å². The quantitative estimate of drug-likeness (QED) is 0.698. The van der Waals surface area contributed by atoms with Crippen LogP contribution in [0.25, 0.3) is 0 Å². The van der Waals surface area contributed by atoms with Crippen molar-refractivity contribution in [2.75, 3.05) is 12.3 Å². The summed E-state index contributed by atoms with van der Waals surface area (Å²) >= 11 is 0. The molecular formula is C13H19FN2O2. The van der Waals surface area contributed by atoms with Crippen molar-refractivity contribution in [3.8, 4) is 0 Å². The van der Waals surface area contributed by atoms with Gasteiger partial charge in [0.05, 0.1) is 18.3 Å². The lowest BCUT2D eigenvalue weighted by Gasteiger charge is -2.18. The van der Waals surface area contributed by atoms with Gasteiger partial charge in [-0.25, -0.2) is 4.39 Å². The molecule has 1 aromatic carbocycles. The van der Waals surface area contributed by atoms with Gasteiger partial charge in [-0.2, -0.15) is 0 Å². The van der Waals surface area contributed by atoms with Crippen LogP contribution in [0.15, 0.2) is 18.2 Å². The Balaban J connectivity index is 2.71. The molecule has 18 heavy (non-hydrogen) atoms. The second kappa shape index (κ2) is 6.35. The minimum atomic E-state index is -0.549. The van der Waals surface area contributed by atoms with Crippen LogP contribution in [0, 0.1) is 11.7 Å². The molecular weight excluding hydrogens is 235 g/mol. The van der Waals surface area contributed by atoms with Gasteiger partial charge in [0.15, 0.2) is 0 Å².